The van der Waals surface area contributed by atoms with Crippen LogP contribution in [0.25, 0.3) is 32.7 Å². The molecule has 5 rings (SSSR count). The summed E-state index contributed by atoms with van der Waals surface area (Å²) in [6.07, 6.45) is 1.76. The normalized spacial score (nSPS) is 11.5. The number of anilines is 1. The Morgan fingerprint density at radius 1 is 0.909 bits per heavy atom. The zero-order chi connectivity index (χ0) is 22.8. The first-order chi connectivity index (χ1) is 16.0. The van der Waals surface area contributed by atoms with Crippen molar-refractivity contribution in [1.82, 2.24) is 9.97 Å². The summed E-state index contributed by atoms with van der Waals surface area (Å²) in [7, 11) is -3.71. The number of primary sulfonamides is 1. The molecule has 33 heavy (non-hydrogen) atoms. The Labute approximate surface area is 195 Å². The molecule has 0 radical (unpaired) electrons. The summed E-state index contributed by atoms with van der Waals surface area (Å²) in [6.45, 7) is 0.510. The molecule has 164 valence electrons. The second-order valence-corrected chi connectivity index (χ2v) is 9.93. The van der Waals surface area contributed by atoms with Crippen LogP contribution in [0, 0.1) is 0 Å². The molecule has 0 bridgehead atoms. The van der Waals surface area contributed by atoms with E-state index in [-0.39, 0.29) is 4.90 Å². The fraction of sp³-hybridized carbons (Fsp3) is 0.0400. The molecule has 0 unspecified atom stereocenters. The maximum Gasteiger partial charge on any atom is 0.238 e. The van der Waals surface area contributed by atoms with Crippen molar-refractivity contribution < 1.29 is 8.42 Å². The van der Waals surface area contributed by atoms with Gasteiger partial charge >= 0.3 is 0 Å². The number of aromatic nitrogens is 2. The minimum absolute atomic E-state index is 0.0965. The SMILES string of the molecule is NS(=O)(=O)c1ccc(CNc2cc(-c3ccccn3)nc3scc(-c4ccccc4)c23)cc1. The highest BCUT2D eigenvalue weighted by Crippen LogP contribution is 2.39. The summed E-state index contributed by atoms with van der Waals surface area (Å²) in [5.41, 5.74) is 5.70. The summed E-state index contributed by atoms with van der Waals surface area (Å²) in [6, 6.07) is 24.6. The van der Waals surface area contributed by atoms with Gasteiger partial charge in [-0.1, -0.05) is 48.5 Å². The average Bonchev–Trinajstić information content (AvgIpc) is 3.28. The van der Waals surface area contributed by atoms with E-state index in [0.717, 1.165) is 44.0 Å². The van der Waals surface area contributed by atoms with Crippen molar-refractivity contribution in [2.45, 2.75) is 11.4 Å². The van der Waals surface area contributed by atoms with Gasteiger partial charge in [-0.05, 0) is 41.5 Å². The van der Waals surface area contributed by atoms with Gasteiger partial charge in [0.05, 0.1) is 16.3 Å². The predicted octanol–water partition coefficient (Wildman–Crippen LogP) is 5.28. The molecule has 8 heteroatoms. The number of hydrogen-bond acceptors (Lipinski definition) is 6. The molecule has 0 aliphatic heterocycles. The van der Waals surface area contributed by atoms with Crippen molar-refractivity contribution >= 4 is 37.3 Å². The molecule has 0 fully saturated rings. The number of sulfonamides is 1. The lowest BCUT2D eigenvalue weighted by atomic mass is 10.0. The van der Waals surface area contributed by atoms with Crippen LogP contribution in [0.1, 0.15) is 5.56 Å². The summed E-state index contributed by atoms with van der Waals surface area (Å²) in [5.74, 6) is 0. The number of benzene rings is 2. The Balaban J connectivity index is 1.56. The van der Waals surface area contributed by atoms with Crippen molar-refractivity contribution in [3.8, 4) is 22.5 Å². The molecule has 0 aliphatic rings. The van der Waals surface area contributed by atoms with E-state index >= 15 is 0 Å². The second-order valence-electron chi connectivity index (χ2n) is 7.51. The van der Waals surface area contributed by atoms with E-state index in [1.165, 1.54) is 12.1 Å². The number of nitrogens with two attached hydrogens (primary N) is 1. The van der Waals surface area contributed by atoms with Crippen molar-refractivity contribution in [2.75, 3.05) is 5.32 Å². The van der Waals surface area contributed by atoms with Gasteiger partial charge in [0.25, 0.3) is 0 Å². The maximum atomic E-state index is 11.5. The van der Waals surface area contributed by atoms with Crippen LogP contribution in [-0.2, 0) is 16.6 Å². The topological polar surface area (TPSA) is 98.0 Å². The van der Waals surface area contributed by atoms with Crippen molar-refractivity contribution in [1.29, 1.82) is 0 Å². The van der Waals surface area contributed by atoms with Crippen LogP contribution in [0.15, 0.2) is 95.3 Å². The molecule has 0 spiro atoms. The van der Waals surface area contributed by atoms with Crippen LogP contribution < -0.4 is 10.5 Å². The number of nitrogens with zero attached hydrogens (tertiary/aromatic N) is 2. The molecule has 3 aromatic heterocycles. The number of pyridine rings is 2. The number of thiophene rings is 1. The van der Waals surface area contributed by atoms with Gasteiger partial charge in [0.1, 0.15) is 4.83 Å². The molecule has 0 atom stereocenters. The zero-order valence-electron chi connectivity index (χ0n) is 17.5. The third-order valence-electron chi connectivity index (χ3n) is 5.29. The molecule has 0 aliphatic carbocycles. The minimum atomic E-state index is -3.71. The van der Waals surface area contributed by atoms with E-state index in [0.29, 0.717) is 6.54 Å². The summed E-state index contributed by atoms with van der Waals surface area (Å²) in [5, 5.41) is 11.9. The fourth-order valence-corrected chi connectivity index (χ4v) is 5.14. The van der Waals surface area contributed by atoms with Crippen LogP contribution >= 0.6 is 11.3 Å². The van der Waals surface area contributed by atoms with Crippen LogP contribution in [0.3, 0.4) is 0 Å². The van der Waals surface area contributed by atoms with E-state index in [1.54, 1.807) is 29.7 Å². The van der Waals surface area contributed by atoms with Gasteiger partial charge in [0.15, 0.2) is 0 Å². The van der Waals surface area contributed by atoms with Gasteiger partial charge in [-0.2, -0.15) is 0 Å². The Morgan fingerprint density at radius 3 is 2.36 bits per heavy atom. The van der Waals surface area contributed by atoms with Gasteiger partial charge < -0.3 is 5.32 Å². The number of hydrogen-bond donors (Lipinski definition) is 2. The van der Waals surface area contributed by atoms with Gasteiger partial charge in [-0.3, -0.25) is 4.98 Å². The largest absolute Gasteiger partial charge is 0.380 e. The molecule has 0 amide bonds. The van der Waals surface area contributed by atoms with Gasteiger partial charge in [0, 0.05) is 34.8 Å². The number of fused-ring (bicyclic) bond motifs is 1. The highest BCUT2D eigenvalue weighted by molar-refractivity contribution is 7.89. The van der Waals surface area contributed by atoms with Gasteiger partial charge in [-0.25, -0.2) is 18.5 Å². The molecule has 0 saturated heterocycles. The Kier molecular flexibility index (Phi) is 5.63. The van der Waals surface area contributed by atoms with Crippen molar-refractivity contribution in [3.05, 3.63) is 96.0 Å². The summed E-state index contributed by atoms with van der Waals surface area (Å²) in [4.78, 5) is 10.4. The third-order valence-corrected chi connectivity index (χ3v) is 7.09. The average molecular weight is 473 g/mol. The highest BCUT2D eigenvalue weighted by Gasteiger charge is 2.15. The monoisotopic (exact) mass is 472 g/mol. The highest BCUT2D eigenvalue weighted by atomic mass is 32.2. The lowest BCUT2D eigenvalue weighted by Crippen LogP contribution is -2.12. The van der Waals surface area contributed by atoms with Crippen molar-refractivity contribution in [3.63, 3.8) is 0 Å². The Morgan fingerprint density at radius 2 is 1.67 bits per heavy atom. The maximum absolute atomic E-state index is 11.5. The van der Waals surface area contributed by atoms with Crippen LogP contribution in [0.4, 0.5) is 5.69 Å². The van der Waals surface area contributed by atoms with Crippen LogP contribution in [0.5, 0.6) is 0 Å². The van der Waals surface area contributed by atoms with Crippen molar-refractivity contribution in [2.24, 2.45) is 5.14 Å². The van der Waals surface area contributed by atoms with Crippen LogP contribution in [0.2, 0.25) is 0 Å². The standard InChI is InChI=1S/C25H20N4O2S2/c26-33(30,31)19-11-9-17(10-12-19)15-28-23-14-22(21-8-4-5-13-27-21)29-25-24(23)20(16-32-25)18-6-2-1-3-7-18/h1-14,16H,15H2,(H,28,29)(H2,26,30,31). The molecule has 6 nitrogen and oxygen atoms in total. The first-order valence-corrected chi connectivity index (χ1v) is 12.7. The lowest BCUT2D eigenvalue weighted by molar-refractivity contribution is 0.598. The Hall–Kier alpha value is -3.59. The first-order valence-electron chi connectivity index (χ1n) is 10.2. The molecule has 2 aromatic carbocycles. The molecular weight excluding hydrogens is 452 g/mol. The second kappa shape index (κ2) is 8.74. The van der Waals surface area contributed by atoms with E-state index in [2.05, 4.69) is 27.8 Å². The third kappa shape index (κ3) is 4.49. The minimum Gasteiger partial charge on any atom is -0.380 e. The van der Waals surface area contributed by atoms with Gasteiger partial charge in [-0.15, -0.1) is 11.3 Å². The number of rotatable bonds is 6. The zero-order valence-corrected chi connectivity index (χ0v) is 19.1. The molecule has 3 heterocycles. The van der Waals surface area contributed by atoms with E-state index in [9.17, 15) is 8.42 Å². The molecule has 3 N–H and O–H groups in total. The fourth-order valence-electron chi connectivity index (χ4n) is 3.65. The number of nitrogens with one attached hydrogen (secondary N) is 1. The predicted molar refractivity (Wildman–Crippen MR) is 133 cm³/mol. The van der Waals surface area contributed by atoms with E-state index < -0.39 is 10.0 Å². The molecule has 5 aromatic rings. The van der Waals surface area contributed by atoms with Crippen LogP contribution in [-0.4, -0.2) is 18.4 Å². The van der Waals surface area contributed by atoms with E-state index in [1.807, 2.05) is 42.5 Å². The van der Waals surface area contributed by atoms with Gasteiger partial charge in [0.2, 0.25) is 10.0 Å². The quantitative estimate of drug-likeness (QED) is 0.350. The Bertz CT molecular complexity index is 1520. The van der Waals surface area contributed by atoms with E-state index in [4.69, 9.17) is 10.1 Å². The summed E-state index contributed by atoms with van der Waals surface area (Å²) < 4.78 is 23.1. The summed E-state index contributed by atoms with van der Waals surface area (Å²) >= 11 is 1.60. The molecule has 0 saturated carbocycles. The molecular formula is C25H20N4O2S2. The smallest absolute Gasteiger partial charge is 0.238 e. The first kappa shape index (κ1) is 21.3. The lowest BCUT2D eigenvalue weighted by Gasteiger charge is -2.12.